The average Bonchev–Trinajstić information content (AvgIpc) is 2.84. The minimum atomic E-state index is 0.645. The van der Waals surface area contributed by atoms with Gasteiger partial charge in [-0.25, -0.2) is 0 Å². The van der Waals surface area contributed by atoms with Gasteiger partial charge in [0.05, 0.1) is 11.2 Å². The number of aryl methyl sites for hydroxylation is 1. The van der Waals surface area contributed by atoms with Gasteiger partial charge in [-0.3, -0.25) is 9.78 Å². The van der Waals surface area contributed by atoms with E-state index in [0.717, 1.165) is 26.8 Å². The van der Waals surface area contributed by atoms with Crippen LogP contribution in [0.3, 0.4) is 0 Å². The topological polar surface area (TPSA) is 72.5 Å². The van der Waals surface area contributed by atoms with Crippen molar-refractivity contribution in [1.82, 2.24) is 20.0 Å². The monoisotopic (exact) mass is 291 g/mol. The molecule has 0 aliphatic rings. The van der Waals surface area contributed by atoms with Gasteiger partial charge in [-0.15, -0.1) is 0 Å². The Balaban J connectivity index is 2.20. The van der Waals surface area contributed by atoms with Gasteiger partial charge in [0.25, 0.3) is 0 Å². The Morgan fingerprint density at radius 3 is 2.88 bits per heavy atom. The molecule has 0 unspecified atom stereocenters. The number of anilines is 1. The SMILES string of the molecule is Cn1nc(-c2ccc3n[nH]c(Br)c3c2)cc1N. The molecule has 0 saturated carbocycles. The van der Waals surface area contributed by atoms with Crippen molar-refractivity contribution in [2.75, 3.05) is 5.73 Å². The van der Waals surface area contributed by atoms with Crippen molar-refractivity contribution in [3.8, 4) is 11.3 Å². The number of fused-ring (bicyclic) bond motifs is 1. The highest BCUT2D eigenvalue weighted by Gasteiger charge is 2.08. The van der Waals surface area contributed by atoms with Crippen LogP contribution < -0.4 is 5.73 Å². The largest absolute Gasteiger partial charge is 0.384 e. The van der Waals surface area contributed by atoms with Crippen LogP contribution >= 0.6 is 15.9 Å². The lowest BCUT2D eigenvalue weighted by Crippen LogP contribution is -1.96. The molecule has 0 atom stereocenters. The fourth-order valence-electron chi connectivity index (χ4n) is 1.76. The summed E-state index contributed by atoms with van der Waals surface area (Å²) in [5, 5.41) is 12.4. The van der Waals surface area contributed by atoms with Crippen LogP contribution in [0, 0.1) is 0 Å². The fourth-order valence-corrected chi connectivity index (χ4v) is 2.17. The van der Waals surface area contributed by atoms with Gasteiger partial charge in [-0.2, -0.15) is 10.2 Å². The Morgan fingerprint density at radius 1 is 1.35 bits per heavy atom. The van der Waals surface area contributed by atoms with E-state index in [-0.39, 0.29) is 0 Å². The number of nitrogens with zero attached hydrogens (tertiary/aromatic N) is 3. The van der Waals surface area contributed by atoms with Crippen LogP contribution in [-0.2, 0) is 7.05 Å². The highest BCUT2D eigenvalue weighted by molar-refractivity contribution is 9.10. The lowest BCUT2D eigenvalue weighted by Gasteiger charge is -1.96. The lowest BCUT2D eigenvalue weighted by atomic mass is 10.1. The van der Waals surface area contributed by atoms with Gasteiger partial charge in [0.15, 0.2) is 0 Å². The first kappa shape index (κ1) is 10.3. The standard InChI is InChI=1S/C11H10BrN5/c1-17-10(13)5-9(16-17)6-2-3-8-7(4-6)11(12)15-14-8/h2-5H,13H2,1H3,(H,14,15). The lowest BCUT2D eigenvalue weighted by molar-refractivity contribution is 0.782. The fraction of sp³-hybridized carbons (Fsp3) is 0.0909. The normalized spacial score (nSPS) is 11.2. The zero-order chi connectivity index (χ0) is 12.0. The molecule has 2 aromatic heterocycles. The van der Waals surface area contributed by atoms with Crippen LogP contribution in [0.25, 0.3) is 22.2 Å². The second-order valence-corrected chi connectivity index (χ2v) is 4.64. The number of hydrogen-bond acceptors (Lipinski definition) is 3. The van der Waals surface area contributed by atoms with Gasteiger partial charge >= 0.3 is 0 Å². The molecular formula is C11H10BrN5. The van der Waals surface area contributed by atoms with Crippen molar-refractivity contribution in [3.05, 3.63) is 28.9 Å². The van der Waals surface area contributed by atoms with Crippen molar-refractivity contribution in [2.45, 2.75) is 0 Å². The summed E-state index contributed by atoms with van der Waals surface area (Å²) in [4.78, 5) is 0. The molecule has 3 N–H and O–H groups in total. The van der Waals surface area contributed by atoms with E-state index < -0.39 is 0 Å². The van der Waals surface area contributed by atoms with Crippen LogP contribution in [0.5, 0.6) is 0 Å². The predicted molar refractivity (Wildman–Crippen MR) is 70.4 cm³/mol. The number of aromatic amines is 1. The third kappa shape index (κ3) is 1.61. The Bertz CT molecular complexity index is 678. The Labute approximate surface area is 106 Å². The Morgan fingerprint density at radius 2 is 2.18 bits per heavy atom. The molecular weight excluding hydrogens is 282 g/mol. The van der Waals surface area contributed by atoms with Crippen LogP contribution in [0.1, 0.15) is 0 Å². The van der Waals surface area contributed by atoms with Crippen molar-refractivity contribution >= 4 is 32.7 Å². The van der Waals surface area contributed by atoms with Crippen LogP contribution in [0.4, 0.5) is 5.82 Å². The highest BCUT2D eigenvalue weighted by atomic mass is 79.9. The first-order chi connectivity index (χ1) is 8.15. The van der Waals surface area contributed by atoms with Crippen molar-refractivity contribution < 1.29 is 0 Å². The molecule has 0 aliphatic heterocycles. The number of aromatic nitrogens is 4. The summed E-state index contributed by atoms with van der Waals surface area (Å²) in [5.74, 6) is 0.645. The molecule has 0 saturated heterocycles. The summed E-state index contributed by atoms with van der Waals surface area (Å²) in [5.41, 5.74) is 8.58. The maximum atomic E-state index is 5.77. The molecule has 6 heteroatoms. The van der Waals surface area contributed by atoms with E-state index in [4.69, 9.17) is 5.73 Å². The molecule has 0 fully saturated rings. The summed E-state index contributed by atoms with van der Waals surface area (Å²) in [7, 11) is 1.82. The summed E-state index contributed by atoms with van der Waals surface area (Å²) in [6.45, 7) is 0. The number of nitrogens with one attached hydrogen (secondary N) is 1. The number of nitrogen functional groups attached to an aromatic ring is 1. The van der Waals surface area contributed by atoms with E-state index in [1.54, 1.807) is 4.68 Å². The van der Waals surface area contributed by atoms with E-state index in [1.807, 2.05) is 31.3 Å². The Hall–Kier alpha value is -1.82. The van der Waals surface area contributed by atoms with Gasteiger partial charge in [0.1, 0.15) is 10.4 Å². The van der Waals surface area contributed by atoms with E-state index in [0.29, 0.717) is 5.82 Å². The first-order valence-electron chi connectivity index (χ1n) is 5.08. The van der Waals surface area contributed by atoms with Gasteiger partial charge in [0, 0.05) is 24.1 Å². The quantitative estimate of drug-likeness (QED) is 0.723. The molecule has 1 aromatic carbocycles. The molecule has 0 bridgehead atoms. The first-order valence-corrected chi connectivity index (χ1v) is 5.88. The molecule has 2 heterocycles. The average molecular weight is 292 g/mol. The van der Waals surface area contributed by atoms with E-state index in [2.05, 4.69) is 31.2 Å². The van der Waals surface area contributed by atoms with Crippen molar-refractivity contribution in [1.29, 1.82) is 0 Å². The second-order valence-electron chi connectivity index (χ2n) is 3.85. The van der Waals surface area contributed by atoms with Gasteiger partial charge in [0.2, 0.25) is 0 Å². The molecule has 3 aromatic rings. The number of hydrogen-bond donors (Lipinski definition) is 2. The zero-order valence-electron chi connectivity index (χ0n) is 9.11. The number of H-pyrrole nitrogens is 1. The maximum absolute atomic E-state index is 5.77. The molecule has 0 aliphatic carbocycles. The summed E-state index contributed by atoms with van der Waals surface area (Å²) in [6, 6.07) is 7.83. The van der Waals surface area contributed by atoms with Gasteiger partial charge < -0.3 is 5.73 Å². The minimum Gasteiger partial charge on any atom is -0.384 e. The minimum absolute atomic E-state index is 0.645. The van der Waals surface area contributed by atoms with Crippen molar-refractivity contribution in [3.63, 3.8) is 0 Å². The van der Waals surface area contributed by atoms with E-state index in [9.17, 15) is 0 Å². The van der Waals surface area contributed by atoms with Gasteiger partial charge in [-0.05, 0) is 28.1 Å². The van der Waals surface area contributed by atoms with Crippen molar-refractivity contribution in [2.24, 2.45) is 7.05 Å². The number of nitrogens with two attached hydrogens (primary N) is 1. The van der Waals surface area contributed by atoms with E-state index in [1.165, 1.54) is 0 Å². The molecule has 0 radical (unpaired) electrons. The third-order valence-electron chi connectivity index (χ3n) is 2.72. The Kier molecular flexibility index (Phi) is 2.19. The summed E-state index contributed by atoms with van der Waals surface area (Å²) in [6.07, 6.45) is 0. The molecule has 86 valence electrons. The highest BCUT2D eigenvalue weighted by Crippen LogP contribution is 2.27. The molecule has 0 amide bonds. The smallest absolute Gasteiger partial charge is 0.121 e. The molecule has 0 spiro atoms. The zero-order valence-corrected chi connectivity index (χ0v) is 10.7. The predicted octanol–water partition coefficient (Wildman–Crippen LogP) is 2.31. The summed E-state index contributed by atoms with van der Waals surface area (Å²) >= 11 is 3.42. The van der Waals surface area contributed by atoms with Gasteiger partial charge in [-0.1, -0.05) is 6.07 Å². The maximum Gasteiger partial charge on any atom is 0.121 e. The number of rotatable bonds is 1. The third-order valence-corrected chi connectivity index (χ3v) is 3.32. The van der Waals surface area contributed by atoms with Crippen LogP contribution in [-0.4, -0.2) is 20.0 Å². The van der Waals surface area contributed by atoms with Crippen LogP contribution in [0.2, 0.25) is 0 Å². The number of benzene rings is 1. The number of halogens is 1. The summed E-state index contributed by atoms with van der Waals surface area (Å²) < 4.78 is 2.53. The van der Waals surface area contributed by atoms with Crippen LogP contribution in [0.15, 0.2) is 28.9 Å². The van der Waals surface area contributed by atoms with E-state index >= 15 is 0 Å². The second kappa shape index (κ2) is 3.59. The molecule has 3 rings (SSSR count). The molecule has 5 nitrogen and oxygen atoms in total. The molecule has 17 heavy (non-hydrogen) atoms.